The Bertz CT molecular complexity index is 988. The molecule has 0 aromatic heterocycles. The van der Waals surface area contributed by atoms with Crippen LogP contribution in [-0.4, -0.2) is 47.9 Å². The summed E-state index contributed by atoms with van der Waals surface area (Å²) < 4.78 is 24.6. The fourth-order valence-corrected chi connectivity index (χ4v) is 4.87. The van der Waals surface area contributed by atoms with Crippen LogP contribution in [0.1, 0.15) is 56.2 Å². The highest BCUT2D eigenvalue weighted by Crippen LogP contribution is 2.37. The maximum Gasteiger partial charge on any atom is 0.250 e. The zero-order chi connectivity index (χ0) is 23.4. The molecule has 2 aliphatic rings. The second-order valence-corrected chi connectivity index (χ2v) is 8.65. The molecule has 7 heteroatoms. The smallest absolute Gasteiger partial charge is 0.250 e. The molecule has 0 spiro atoms. The number of piperazine rings is 1. The first-order valence-corrected chi connectivity index (χ1v) is 11.7. The molecule has 0 radical (unpaired) electrons. The molecule has 1 aliphatic carbocycles. The number of ether oxygens (including phenoxy) is 2. The Morgan fingerprint density at radius 2 is 1.73 bits per heavy atom. The van der Waals surface area contributed by atoms with Crippen molar-refractivity contribution in [1.29, 1.82) is 0 Å². The molecular weight excluding hydrogens is 423 g/mol. The van der Waals surface area contributed by atoms with E-state index in [1.54, 1.807) is 41.2 Å². The van der Waals surface area contributed by atoms with E-state index in [1.165, 1.54) is 18.6 Å². The van der Waals surface area contributed by atoms with Crippen LogP contribution >= 0.6 is 0 Å². The highest BCUT2D eigenvalue weighted by molar-refractivity contribution is 5.96. The Balaban J connectivity index is 1.71. The van der Waals surface area contributed by atoms with Crippen molar-refractivity contribution in [3.63, 3.8) is 0 Å². The summed E-state index contributed by atoms with van der Waals surface area (Å²) in [7, 11) is 1.56. The number of halogens is 1. The third kappa shape index (κ3) is 4.97. The van der Waals surface area contributed by atoms with E-state index in [-0.39, 0.29) is 36.8 Å². The lowest BCUT2D eigenvalue weighted by atomic mass is 9.91. The minimum atomic E-state index is -0.775. The summed E-state index contributed by atoms with van der Waals surface area (Å²) in [5, 5.41) is 0. The first kappa shape index (κ1) is 23.1. The van der Waals surface area contributed by atoms with Gasteiger partial charge >= 0.3 is 0 Å². The Morgan fingerprint density at radius 3 is 2.39 bits per heavy atom. The van der Waals surface area contributed by atoms with Crippen LogP contribution in [0.15, 0.2) is 42.5 Å². The monoisotopic (exact) mass is 454 g/mol. The average molecular weight is 455 g/mol. The molecule has 33 heavy (non-hydrogen) atoms. The average Bonchev–Trinajstić information content (AvgIpc) is 2.84. The van der Waals surface area contributed by atoms with Crippen LogP contribution in [0, 0.1) is 5.82 Å². The van der Waals surface area contributed by atoms with Gasteiger partial charge in [0.05, 0.1) is 13.7 Å². The maximum atomic E-state index is 13.8. The van der Waals surface area contributed by atoms with E-state index in [4.69, 9.17) is 9.47 Å². The molecule has 2 amide bonds. The minimum absolute atomic E-state index is 0.0742. The fourth-order valence-electron chi connectivity index (χ4n) is 4.87. The molecule has 4 rings (SSSR count). The molecule has 176 valence electrons. The first-order valence-electron chi connectivity index (χ1n) is 11.7. The highest BCUT2D eigenvalue weighted by Gasteiger charge is 2.43. The van der Waals surface area contributed by atoms with E-state index in [0.29, 0.717) is 23.7 Å². The maximum absolute atomic E-state index is 13.8. The van der Waals surface area contributed by atoms with Gasteiger partial charge in [-0.25, -0.2) is 4.39 Å². The number of rotatable bonds is 7. The molecule has 1 aliphatic heterocycles. The molecule has 1 atom stereocenters. The standard InChI is InChI=1S/C26H31FN2O4/c1-3-33-22-14-11-19(15-23(22)32-2)25-26(31)28(21-7-5-4-6-8-21)17-24(30)29(25)16-18-9-12-20(27)13-10-18/h9-15,21,25H,3-8,16-17H2,1-2H3/t25-/m1/s1. The van der Waals surface area contributed by atoms with E-state index in [9.17, 15) is 14.0 Å². The highest BCUT2D eigenvalue weighted by atomic mass is 19.1. The predicted octanol–water partition coefficient (Wildman–Crippen LogP) is 4.48. The summed E-state index contributed by atoms with van der Waals surface area (Å²) in [5.41, 5.74) is 1.45. The van der Waals surface area contributed by atoms with Crippen molar-refractivity contribution in [2.24, 2.45) is 0 Å². The number of carbonyl (C=O) groups is 2. The lowest BCUT2D eigenvalue weighted by molar-refractivity contribution is -0.160. The van der Waals surface area contributed by atoms with Gasteiger partial charge in [0.1, 0.15) is 18.4 Å². The van der Waals surface area contributed by atoms with Gasteiger partial charge < -0.3 is 19.3 Å². The zero-order valence-corrected chi connectivity index (χ0v) is 19.3. The molecule has 1 heterocycles. The second-order valence-electron chi connectivity index (χ2n) is 8.65. The molecule has 1 saturated heterocycles. The summed E-state index contributed by atoms with van der Waals surface area (Å²) >= 11 is 0. The minimum Gasteiger partial charge on any atom is -0.493 e. The lowest BCUT2D eigenvalue weighted by Crippen LogP contribution is -2.58. The number of hydrogen-bond donors (Lipinski definition) is 0. The van der Waals surface area contributed by atoms with Crippen LogP contribution in [0.3, 0.4) is 0 Å². The van der Waals surface area contributed by atoms with Gasteiger partial charge in [0.15, 0.2) is 11.5 Å². The SMILES string of the molecule is CCOc1ccc([C@@H]2C(=O)N(C3CCCCC3)CC(=O)N2Cc2ccc(F)cc2)cc1OC. The summed E-state index contributed by atoms with van der Waals surface area (Å²) in [5.74, 6) is 0.590. The van der Waals surface area contributed by atoms with Crippen LogP contribution in [-0.2, 0) is 16.1 Å². The van der Waals surface area contributed by atoms with Crippen molar-refractivity contribution >= 4 is 11.8 Å². The van der Waals surface area contributed by atoms with Gasteiger partial charge in [0.25, 0.3) is 5.91 Å². The number of carbonyl (C=O) groups excluding carboxylic acids is 2. The largest absolute Gasteiger partial charge is 0.493 e. The number of amides is 2. The molecule has 2 aromatic rings. The molecule has 6 nitrogen and oxygen atoms in total. The third-order valence-electron chi connectivity index (χ3n) is 6.54. The van der Waals surface area contributed by atoms with Crippen LogP contribution < -0.4 is 9.47 Å². The topological polar surface area (TPSA) is 59.1 Å². The Hall–Kier alpha value is -3.09. The van der Waals surface area contributed by atoms with Crippen molar-refractivity contribution in [2.45, 2.75) is 57.7 Å². The summed E-state index contributed by atoms with van der Waals surface area (Å²) in [6.07, 6.45) is 5.17. The molecule has 0 bridgehead atoms. The Kier molecular flexibility index (Phi) is 7.16. The van der Waals surface area contributed by atoms with Crippen LogP contribution in [0.2, 0.25) is 0 Å². The number of benzene rings is 2. The number of hydrogen-bond acceptors (Lipinski definition) is 4. The third-order valence-corrected chi connectivity index (χ3v) is 6.54. The van der Waals surface area contributed by atoms with Gasteiger partial charge in [-0.05, 0) is 55.2 Å². The number of nitrogens with zero attached hydrogens (tertiary/aromatic N) is 2. The molecule has 2 aromatic carbocycles. The zero-order valence-electron chi connectivity index (χ0n) is 19.3. The molecule has 0 N–H and O–H groups in total. The quantitative estimate of drug-likeness (QED) is 0.619. The Labute approximate surface area is 194 Å². The van der Waals surface area contributed by atoms with E-state index < -0.39 is 6.04 Å². The van der Waals surface area contributed by atoms with Gasteiger partial charge in [0.2, 0.25) is 5.91 Å². The molecule has 0 unspecified atom stereocenters. The van der Waals surface area contributed by atoms with E-state index >= 15 is 0 Å². The predicted molar refractivity (Wildman–Crippen MR) is 122 cm³/mol. The van der Waals surface area contributed by atoms with Crippen molar-refractivity contribution in [3.05, 3.63) is 59.4 Å². The Morgan fingerprint density at radius 1 is 1.00 bits per heavy atom. The van der Waals surface area contributed by atoms with Gasteiger partial charge in [-0.3, -0.25) is 9.59 Å². The molecule has 1 saturated carbocycles. The van der Waals surface area contributed by atoms with Crippen molar-refractivity contribution in [3.8, 4) is 11.5 Å². The summed E-state index contributed by atoms with van der Waals surface area (Å²) in [4.78, 5) is 30.6. The van der Waals surface area contributed by atoms with Crippen LogP contribution in [0.4, 0.5) is 4.39 Å². The van der Waals surface area contributed by atoms with Gasteiger partial charge in [-0.2, -0.15) is 0 Å². The molecular formula is C26H31FN2O4. The van der Waals surface area contributed by atoms with E-state index in [0.717, 1.165) is 31.2 Å². The first-order chi connectivity index (χ1) is 16.0. The van der Waals surface area contributed by atoms with E-state index in [2.05, 4.69) is 0 Å². The van der Waals surface area contributed by atoms with Crippen LogP contribution in [0.25, 0.3) is 0 Å². The van der Waals surface area contributed by atoms with E-state index in [1.807, 2.05) is 13.0 Å². The van der Waals surface area contributed by atoms with Gasteiger partial charge in [-0.15, -0.1) is 0 Å². The van der Waals surface area contributed by atoms with Crippen molar-refractivity contribution < 1.29 is 23.5 Å². The number of methoxy groups -OCH3 is 1. The van der Waals surface area contributed by atoms with Gasteiger partial charge in [0, 0.05) is 12.6 Å². The normalized spacial score (nSPS) is 19.7. The lowest BCUT2D eigenvalue weighted by Gasteiger charge is -2.44. The second kappa shape index (κ2) is 10.2. The summed E-state index contributed by atoms with van der Waals surface area (Å²) in [6.45, 7) is 2.69. The molecule has 2 fully saturated rings. The van der Waals surface area contributed by atoms with Gasteiger partial charge in [-0.1, -0.05) is 37.5 Å². The van der Waals surface area contributed by atoms with Crippen LogP contribution in [0.5, 0.6) is 11.5 Å². The van der Waals surface area contributed by atoms with Crippen molar-refractivity contribution in [1.82, 2.24) is 9.80 Å². The summed E-state index contributed by atoms with van der Waals surface area (Å²) in [6, 6.07) is 10.7. The van der Waals surface area contributed by atoms with Crippen molar-refractivity contribution in [2.75, 3.05) is 20.3 Å². The fraction of sp³-hybridized carbons (Fsp3) is 0.462.